The Balaban J connectivity index is 2.10. The predicted molar refractivity (Wildman–Crippen MR) is 41.1 cm³/mol. The van der Waals surface area contributed by atoms with Crippen LogP contribution in [0.5, 0.6) is 0 Å². The van der Waals surface area contributed by atoms with Gasteiger partial charge in [-0.2, -0.15) is 4.98 Å². The van der Waals surface area contributed by atoms with Crippen molar-refractivity contribution in [2.24, 2.45) is 5.92 Å². The molecule has 0 N–H and O–H groups in total. The molecule has 1 aliphatic carbocycles. The van der Waals surface area contributed by atoms with Gasteiger partial charge in [-0.3, -0.25) is 0 Å². The van der Waals surface area contributed by atoms with Gasteiger partial charge in [0.25, 0.3) is 12.4 Å². The molecule has 1 fully saturated rings. The minimum atomic E-state index is 0.227. The molecule has 1 aliphatic rings. The second kappa shape index (κ2) is 2.59. The summed E-state index contributed by atoms with van der Waals surface area (Å²) in [6.07, 6.45) is 1.14. The summed E-state index contributed by atoms with van der Waals surface area (Å²) < 4.78 is 5.01. The van der Waals surface area contributed by atoms with Crippen LogP contribution >= 0.6 is 0 Å². The molecule has 0 amide bonds. The van der Waals surface area contributed by atoms with E-state index in [4.69, 9.17) is 11.1 Å². The number of hydrogen-bond acceptors (Lipinski definition) is 3. The van der Waals surface area contributed by atoms with Crippen LogP contribution in [0.1, 0.15) is 31.0 Å². The van der Waals surface area contributed by atoms with Gasteiger partial charge in [-0.15, -0.1) is 0 Å². The molecule has 2 atom stereocenters. The molecule has 4 heteroatoms. The highest BCUT2D eigenvalue weighted by Crippen LogP contribution is 2.45. The Kier molecular flexibility index (Phi) is 1.58. The summed E-state index contributed by atoms with van der Waals surface area (Å²) in [7, 11) is 0. The van der Waals surface area contributed by atoms with E-state index in [1.54, 1.807) is 0 Å². The van der Waals surface area contributed by atoms with Crippen LogP contribution in [-0.2, 0) is 6.54 Å². The van der Waals surface area contributed by atoms with E-state index < -0.39 is 0 Å². The lowest BCUT2D eigenvalue weighted by molar-refractivity contribution is 0.372. The molecule has 0 radical (unpaired) electrons. The summed E-state index contributed by atoms with van der Waals surface area (Å²) in [4.78, 5) is 7.30. The van der Waals surface area contributed by atoms with E-state index in [0.29, 0.717) is 23.6 Å². The van der Waals surface area contributed by atoms with E-state index >= 15 is 0 Å². The van der Waals surface area contributed by atoms with Gasteiger partial charge in [-0.05, 0) is 12.3 Å². The van der Waals surface area contributed by atoms with E-state index in [1.807, 2.05) is 0 Å². The largest absolute Gasteiger partial charge is 0.339 e. The van der Waals surface area contributed by atoms with Crippen molar-refractivity contribution < 1.29 is 4.52 Å². The smallest absolute Gasteiger partial charge is 0.276 e. The van der Waals surface area contributed by atoms with Crippen molar-refractivity contribution in [3.05, 3.63) is 23.1 Å². The summed E-state index contributed by atoms with van der Waals surface area (Å²) in [6.45, 7) is 9.00. The van der Waals surface area contributed by atoms with E-state index in [2.05, 4.69) is 21.9 Å². The monoisotopic (exact) mass is 163 g/mol. The highest BCUT2D eigenvalue weighted by molar-refractivity contribution is 5.06. The third kappa shape index (κ3) is 1.18. The average molecular weight is 163 g/mol. The SMILES string of the molecule is [C-]#[N+]Cc1noc(C2CC2C)n1. The van der Waals surface area contributed by atoms with Gasteiger partial charge < -0.3 is 9.37 Å². The van der Waals surface area contributed by atoms with Crippen molar-refractivity contribution in [1.82, 2.24) is 10.1 Å². The van der Waals surface area contributed by atoms with Crippen molar-refractivity contribution in [2.75, 3.05) is 0 Å². The summed E-state index contributed by atoms with van der Waals surface area (Å²) >= 11 is 0. The molecule has 1 aromatic heterocycles. The molecule has 0 aliphatic heterocycles. The Labute approximate surface area is 70.4 Å². The third-order valence-electron chi connectivity index (χ3n) is 2.13. The van der Waals surface area contributed by atoms with E-state index in [-0.39, 0.29) is 6.54 Å². The first-order chi connectivity index (χ1) is 5.81. The van der Waals surface area contributed by atoms with E-state index in [1.165, 1.54) is 0 Å². The maximum atomic E-state index is 6.62. The lowest BCUT2D eigenvalue weighted by Gasteiger charge is -1.82. The van der Waals surface area contributed by atoms with E-state index in [9.17, 15) is 0 Å². The summed E-state index contributed by atoms with van der Waals surface area (Å²) in [6, 6.07) is 0. The second-order valence-electron chi connectivity index (χ2n) is 3.18. The number of rotatable bonds is 2. The normalized spacial score (nSPS) is 26.7. The van der Waals surface area contributed by atoms with Gasteiger partial charge >= 0.3 is 0 Å². The van der Waals surface area contributed by atoms with Gasteiger partial charge in [0, 0.05) is 5.92 Å². The molecular formula is C8H9N3O. The Morgan fingerprint density at radius 1 is 1.75 bits per heavy atom. The summed E-state index contributed by atoms with van der Waals surface area (Å²) in [5.41, 5.74) is 0. The lowest BCUT2D eigenvalue weighted by Crippen LogP contribution is -1.84. The van der Waals surface area contributed by atoms with Crippen LogP contribution < -0.4 is 0 Å². The Morgan fingerprint density at radius 2 is 2.50 bits per heavy atom. The zero-order valence-corrected chi connectivity index (χ0v) is 6.82. The number of hydrogen-bond donors (Lipinski definition) is 0. The molecule has 1 aromatic rings. The van der Waals surface area contributed by atoms with Crippen molar-refractivity contribution in [1.29, 1.82) is 0 Å². The van der Waals surface area contributed by atoms with Gasteiger partial charge in [0.1, 0.15) is 0 Å². The first-order valence-corrected chi connectivity index (χ1v) is 3.97. The van der Waals surface area contributed by atoms with Crippen LogP contribution in [0.3, 0.4) is 0 Å². The highest BCUT2D eigenvalue weighted by atomic mass is 16.5. The maximum Gasteiger partial charge on any atom is 0.276 e. The minimum Gasteiger partial charge on any atom is -0.339 e. The topological polar surface area (TPSA) is 43.3 Å². The van der Waals surface area contributed by atoms with Gasteiger partial charge in [-0.25, -0.2) is 6.57 Å². The third-order valence-corrected chi connectivity index (χ3v) is 2.13. The van der Waals surface area contributed by atoms with Gasteiger partial charge in [0.05, 0.1) is 0 Å². The van der Waals surface area contributed by atoms with Gasteiger partial charge in [0.2, 0.25) is 5.89 Å². The average Bonchev–Trinajstić information content (AvgIpc) is 2.62. The fourth-order valence-corrected chi connectivity index (χ4v) is 1.22. The first-order valence-electron chi connectivity index (χ1n) is 3.97. The van der Waals surface area contributed by atoms with Gasteiger partial charge in [0.15, 0.2) is 0 Å². The summed E-state index contributed by atoms with van der Waals surface area (Å²) in [5, 5.41) is 3.70. The van der Waals surface area contributed by atoms with Crippen LogP contribution in [0.2, 0.25) is 0 Å². The molecule has 4 nitrogen and oxygen atoms in total. The molecule has 0 spiro atoms. The van der Waals surface area contributed by atoms with Crippen LogP contribution in [0.25, 0.3) is 4.85 Å². The fourth-order valence-electron chi connectivity index (χ4n) is 1.22. The molecule has 62 valence electrons. The molecule has 12 heavy (non-hydrogen) atoms. The Hall–Kier alpha value is -1.37. The lowest BCUT2D eigenvalue weighted by atomic mass is 10.3. The first kappa shape index (κ1) is 7.29. The van der Waals surface area contributed by atoms with Crippen LogP contribution in [-0.4, -0.2) is 10.1 Å². The molecule has 1 heterocycles. The van der Waals surface area contributed by atoms with Crippen molar-refractivity contribution in [3.63, 3.8) is 0 Å². The molecule has 0 bridgehead atoms. The Morgan fingerprint density at radius 3 is 3.08 bits per heavy atom. The van der Waals surface area contributed by atoms with Crippen molar-refractivity contribution in [2.45, 2.75) is 25.8 Å². The molecular weight excluding hydrogens is 154 g/mol. The molecule has 1 saturated carbocycles. The summed E-state index contributed by atoms with van der Waals surface area (Å²) in [5.74, 6) is 2.35. The van der Waals surface area contributed by atoms with Crippen molar-refractivity contribution in [3.8, 4) is 0 Å². The quantitative estimate of drug-likeness (QED) is 0.622. The fraction of sp³-hybridized carbons (Fsp3) is 0.625. The molecule has 0 saturated heterocycles. The zero-order chi connectivity index (χ0) is 8.55. The minimum absolute atomic E-state index is 0.227. The van der Waals surface area contributed by atoms with Gasteiger partial charge in [-0.1, -0.05) is 12.1 Å². The van der Waals surface area contributed by atoms with E-state index in [0.717, 1.165) is 6.42 Å². The second-order valence-corrected chi connectivity index (χ2v) is 3.18. The maximum absolute atomic E-state index is 6.62. The number of aromatic nitrogens is 2. The molecule has 2 unspecified atom stereocenters. The van der Waals surface area contributed by atoms with Crippen molar-refractivity contribution >= 4 is 0 Å². The molecule has 2 rings (SSSR count). The molecule has 0 aromatic carbocycles. The standard InChI is InChI=1S/C8H9N3O/c1-5-3-6(5)8-10-7(4-9-2)11-12-8/h5-6H,3-4H2,1H3. The predicted octanol–water partition coefficient (Wildman–Crippen LogP) is 1.61. The Bertz CT molecular complexity index is 325. The zero-order valence-electron chi connectivity index (χ0n) is 6.82. The van der Waals surface area contributed by atoms with Crippen LogP contribution in [0, 0.1) is 12.5 Å². The highest BCUT2D eigenvalue weighted by Gasteiger charge is 2.38. The van der Waals surface area contributed by atoms with Crippen LogP contribution in [0.4, 0.5) is 0 Å². The van der Waals surface area contributed by atoms with Crippen LogP contribution in [0.15, 0.2) is 4.52 Å². The number of nitrogens with zero attached hydrogens (tertiary/aromatic N) is 3.